The zero-order valence-corrected chi connectivity index (χ0v) is 15.6. The highest BCUT2D eigenvalue weighted by molar-refractivity contribution is 7.10. The van der Waals surface area contributed by atoms with Crippen LogP contribution in [0.1, 0.15) is 58.1 Å². The lowest BCUT2D eigenvalue weighted by Gasteiger charge is -2.27. The highest BCUT2D eigenvalue weighted by atomic mass is 32.1. The van der Waals surface area contributed by atoms with Gasteiger partial charge in [0, 0.05) is 16.8 Å². The zero-order valence-electron chi connectivity index (χ0n) is 14.8. The maximum absolute atomic E-state index is 13.3. The second-order valence-electron chi connectivity index (χ2n) is 7.32. The number of aryl methyl sites for hydroxylation is 1. The summed E-state index contributed by atoms with van der Waals surface area (Å²) in [5.41, 5.74) is 3.43. The third-order valence-corrected chi connectivity index (χ3v) is 6.85. The van der Waals surface area contributed by atoms with Gasteiger partial charge < -0.3 is 14.4 Å². The summed E-state index contributed by atoms with van der Waals surface area (Å²) in [6.07, 6.45) is 6.72. The van der Waals surface area contributed by atoms with Crippen molar-refractivity contribution in [3.63, 3.8) is 0 Å². The van der Waals surface area contributed by atoms with E-state index in [4.69, 9.17) is 9.47 Å². The summed E-state index contributed by atoms with van der Waals surface area (Å²) in [6, 6.07) is 6.27. The summed E-state index contributed by atoms with van der Waals surface area (Å²) >= 11 is 1.77. The SMILES string of the molecule is O=C(c1csc2c1CCCC2)N1CCC[C@@H]1c1ccc2c(c1)OCCO2. The van der Waals surface area contributed by atoms with Gasteiger partial charge in [-0.05, 0) is 61.8 Å². The number of amides is 1. The van der Waals surface area contributed by atoms with Crippen molar-refractivity contribution in [3.8, 4) is 11.5 Å². The van der Waals surface area contributed by atoms with E-state index in [1.54, 1.807) is 11.3 Å². The van der Waals surface area contributed by atoms with Crippen LogP contribution in [0.3, 0.4) is 0 Å². The van der Waals surface area contributed by atoms with Gasteiger partial charge in [0.05, 0.1) is 11.6 Å². The molecule has 2 aromatic rings. The van der Waals surface area contributed by atoms with Gasteiger partial charge in [-0.3, -0.25) is 4.79 Å². The van der Waals surface area contributed by atoms with Crippen LogP contribution in [-0.4, -0.2) is 30.6 Å². The topological polar surface area (TPSA) is 38.8 Å². The number of thiophene rings is 1. The molecule has 1 amide bonds. The Hall–Kier alpha value is -2.01. The smallest absolute Gasteiger partial charge is 0.255 e. The molecule has 2 aliphatic heterocycles. The Morgan fingerprint density at radius 3 is 2.85 bits per heavy atom. The molecule has 1 aromatic carbocycles. The molecule has 0 unspecified atom stereocenters. The van der Waals surface area contributed by atoms with Crippen LogP contribution in [0.4, 0.5) is 0 Å². The quantitative estimate of drug-likeness (QED) is 0.789. The average molecular weight is 369 g/mol. The Kier molecular flexibility index (Phi) is 4.12. The Labute approximate surface area is 157 Å². The van der Waals surface area contributed by atoms with Crippen molar-refractivity contribution in [1.82, 2.24) is 4.90 Å². The van der Waals surface area contributed by atoms with Crippen LogP contribution in [0.15, 0.2) is 23.6 Å². The third kappa shape index (κ3) is 2.69. The van der Waals surface area contributed by atoms with Crippen molar-refractivity contribution in [1.29, 1.82) is 0 Å². The molecule has 3 aliphatic rings. The molecule has 0 bridgehead atoms. The van der Waals surface area contributed by atoms with Crippen molar-refractivity contribution >= 4 is 17.2 Å². The van der Waals surface area contributed by atoms with Gasteiger partial charge in [0.25, 0.3) is 5.91 Å². The third-order valence-electron chi connectivity index (χ3n) is 5.76. The number of hydrogen-bond acceptors (Lipinski definition) is 4. The van der Waals surface area contributed by atoms with Crippen molar-refractivity contribution in [2.45, 2.75) is 44.6 Å². The van der Waals surface area contributed by atoms with Crippen molar-refractivity contribution < 1.29 is 14.3 Å². The van der Waals surface area contributed by atoms with Gasteiger partial charge in [-0.1, -0.05) is 6.07 Å². The molecule has 5 heteroatoms. The van der Waals surface area contributed by atoms with E-state index in [1.165, 1.54) is 23.3 Å². The van der Waals surface area contributed by atoms with Gasteiger partial charge in [-0.15, -0.1) is 11.3 Å². The van der Waals surface area contributed by atoms with Crippen LogP contribution in [0.25, 0.3) is 0 Å². The minimum Gasteiger partial charge on any atom is -0.486 e. The molecular formula is C21H23NO3S. The minimum atomic E-state index is 0.137. The van der Waals surface area contributed by atoms with E-state index in [0.29, 0.717) is 13.2 Å². The second kappa shape index (κ2) is 6.62. The van der Waals surface area contributed by atoms with E-state index in [2.05, 4.69) is 22.4 Å². The number of hydrogen-bond donors (Lipinski definition) is 0. The molecular weight excluding hydrogens is 346 g/mol. The van der Waals surface area contributed by atoms with E-state index < -0.39 is 0 Å². The maximum atomic E-state index is 13.3. The number of rotatable bonds is 2. The number of fused-ring (bicyclic) bond motifs is 2. The normalized spacial score (nSPS) is 21.5. The fraction of sp³-hybridized carbons (Fsp3) is 0.476. The van der Waals surface area contributed by atoms with E-state index in [0.717, 1.165) is 54.9 Å². The number of nitrogens with zero attached hydrogens (tertiary/aromatic N) is 1. The maximum Gasteiger partial charge on any atom is 0.255 e. The molecule has 5 rings (SSSR count). The summed E-state index contributed by atoms with van der Waals surface area (Å²) in [4.78, 5) is 16.8. The predicted octanol–water partition coefficient (Wildman–Crippen LogP) is 4.38. The first-order valence-corrected chi connectivity index (χ1v) is 10.5. The van der Waals surface area contributed by atoms with E-state index in [1.807, 2.05) is 6.07 Å². The molecule has 0 spiro atoms. The van der Waals surface area contributed by atoms with Gasteiger partial charge in [0.15, 0.2) is 11.5 Å². The zero-order chi connectivity index (χ0) is 17.5. The van der Waals surface area contributed by atoms with Crippen LogP contribution in [0, 0.1) is 0 Å². The molecule has 0 radical (unpaired) electrons. The van der Waals surface area contributed by atoms with Gasteiger partial charge in [0.1, 0.15) is 13.2 Å². The number of ether oxygens (including phenoxy) is 2. The fourth-order valence-electron chi connectivity index (χ4n) is 4.45. The van der Waals surface area contributed by atoms with Crippen molar-refractivity contribution in [2.24, 2.45) is 0 Å². The highest BCUT2D eigenvalue weighted by Gasteiger charge is 2.33. The number of carbonyl (C=O) groups excluding carboxylic acids is 1. The first-order chi connectivity index (χ1) is 12.8. The van der Waals surface area contributed by atoms with E-state index >= 15 is 0 Å². The van der Waals surface area contributed by atoms with Crippen LogP contribution in [-0.2, 0) is 12.8 Å². The Morgan fingerprint density at radius 2 is 1.92 bits per heavy atom. The first-order valence-electron chi connectivity index (χ1n) is 9.61. The van der Waals surface area contributed by atoms with E-state index in [9.17, 15) is 4.79 Å². The molecule has 136 valence electrons. The van der Waals surface area contributed by atoms with Crippen LogP contribution < -0.4 is 9.47 Å². The fourth-order valence-corrected chi connectivity index (χ4v) is 5.57. The standard InChI is InChI=1S/C21H23NO3S/c23-21(16-13-26-20-6-2-1-4-15(16)20)22-9-3-5-17(22)14-7-8-18-19(12-14)25-11-10-24-18/h7-8,12-13,17H,1-6,9-11H2/t17-/m1/s1. The largest absolute Gasteiger partial charge is 0.486 e. The number of carbonyl (C=O) groups is 1. The van der Waals surface area contributed by atoms with Crippen LogP contribution in [0.2, 0.25) is 0 Å². The van der Waals surface area contributed by atoms with Crippen LogP contribution >= 0.6 is 11.3 Å². The summed E-state index contributed by atoms with van der Waals surface area (Å²) in [6.45, 7) is 2.02. The van der Waals surface area contributed by atoms with Gasteiger partial charge >= 0.3 is 0 Å². The lowest BCUT2D eigenvalue weighted by molar-refractivity contribution is 0.0734. The predicted molar refractivity (Wildman–Crippen MR) is 101 cm³/mol. The molecule has 1 saturated heterocycles. The molecule has 1 fully saturated rings. The summed E-state index contributed by atoms with van der Waals surface area (Å²) in [5, 5.41) is 2.09. The molecule has 26 heavy (non-hydrogen) atoms. The molecule has 1 atom stereocenters. The molecule has 0 saturated carbocycles. The van der Waals surface area contributed by atoms with Gasteiger partial charge in [-0.2, -0.15) is 0 Å². The monoisotopic (exact) mass is 369 g/mol. The molecule has 3 heterocycles. The van der Waals surface area contributed by atoms with Gasteiger partial charge in [-0.25, -0.2) is 0 Å². The average Bonchev–Trinajstić information content (AvgIpc) is 3.34. The second-order valence-corrected chi connectivity index (χ2v) is 8.28. The van der Waals surface area contributed by atoms with E-state index in [-0.39, 0.29) is 11.9 Å². The Balaban J connectivity index is 1.44. The number of benzene rings is 1. The summed E-state index contributed by atoms with van der Waals surface area (Å²) in [7, 11) is 0. The molecule has 0 N–H and O–H groups in total. The lowest BCUT2D eigenvalue weighted by atomic mass is 9.95. The summed E-state index contributed by atoms with van der Waals surface area (Å²) in [5.74, 6) is 1.82. The Bertz CT molecular complexity index is 844. The Morgan fingerprint density at radius 1 is 1.08 bits per heavy atom. The summed E-state index contributed by atoms with van der Waals surface area (Å²) < 4.78 is 11.4. The van der Waals surface area contributed by atoms with Crippen LogP contribution in [0.5, 0.6) is 11.5 Å². The van der Waals surface area contributed by atoms with Crippen molar-refractivity contribution in [2.75, 3.05) is 19.8 Å². The first kappa shape index (κ1) is 16.2. The molecule has 1 aliphatic carbocycles. The highest BCUT2D eigenvalue weighted by Crippen LogP contribution is 2.40. The van der Waals surface area contributed by atoms with Crippen molar-refractivity contribution in [3.05, 3.63) is 45.1 Å². The minimum absolute atomic E-state index is 0.137. The molecule has 1 aromatic heterocycles. The van der Waals surface area contributed by atoms with Gasteiger partial charge in [0.2, 0.25) is 0 Å². The lowest BCUT2D eigenvalue weighted by Crippen LogP contribution is -2.31. The molecule has 4 nitrogen and oxygen atoms in total. The number of likely N-dealkylation sites (tertiary alicyclic amines) is 1.